The Kier molecular flexibility index (Phi) is 3.12. The molecule has 72 valence electrons. The molecule has 0 bridgehead atoms. The minimum atomic E-state index is -3.25. The van der Waals surface area contributed by atoms with E-state index in [1.165, 1.54) is 7.11 Å². The van der Waals surface area contributed by atoms with Gasteiger partial charge in [-0.05, 0) is 18.8 Å². The smallest absolute Gasteiger partial charge is 0.269 e. The molecule has 3 nitrogen and oxygen atoms in total. The fourth-order valence-electron chi connectivity index (χ4n) is 1.78. The highest BCUT2D eigenvalue weighted by molar-refractivity contribution is 7.87. The molecule has 0 radical (unpaired) electrons. The third kappa shape index (κ3) is 2.20. The van der Waals surface area contributed by atoms with Crippen LogP contribution in [0.1, 0.15) is 32.6 Å². The largest absolute Gasteiger partial charge is 0.273 e. The van der Waals surface area contributed by atoms with Crippen LogP contribution in [0.25, 0.3) is 0 Å². The molecule has 0 aromatic rings. The Bertz CT molecular complexity index is 233. The van der Waals surface area contributed by atoms with Gasteiger partial charge in [0.2, 0.25) is 0 Å². The lowest BCUT2D eigenvalue weighted by atomic mass is 9.91. The van der Waals surface area contributed by atoms with Crippen molar-refractivity contribution in [1.29, 1.82) is 0 Å². The second kappa shape index (κ2) is 3.75. The molecular weight excluding hydrogens is 176 g/mol. The Morgan fingerprint density at radius 2 is 2.00 bits per heavy atom. The normalized spacial score (nSPS) is 31.8. The third-order valence-corrected chi connectivity index (χ3v) is 4.24. The average Bonchev–Trinajstić information content (AvgIpc) is 2.05. The molecule has 1 aliphatic rings. The first-order valence-corrected chi connectivity index (χ1v) is 5.83. The van der Waals surface area contributed by atoms with Gasteiger partial charge in [0.15, 0.2) is 0 Å². The van der Waals surface area contributed by atoms with Gasteiger partial charge in [0.25, 0.3) is 10.1 Å². The lowest BCUT2D eigenvalue weighted by molar-refractivity contribution is 0.337. The molecule has 0 aliphatic heterocycles. The van der Waals surface area contributed by atoms with E-state index in [1.807, 2.05) is 0 Å². The highest BCUT2D eigenvalue weighted by atomic mass is 32.2. The van der Waals surface area contributed by atoms with Gasteiger partial charge in [-0.3, -0.25) is 4.18 Å². The van der Waals surface area contributed by atoms with Crippen LogP contribution in [0, 0.1) is 5.92 Å². The monoisotopic (exact) mass is 192 g/mol. The second-order valence-electron chi connectivity index (χ2n) is 3.55. The van der Waals surface area contributed by atoms with Crippen LogP contribution in [0.15, 0.2) is 0 Å². The highest BCUT2D eigenvalue weighted by Crippen LogP contribution is 2.28. The van der Waals surface area contributed by atoms with E-state index in [4.69, 9.17) is 0 Å². The topological polar surface area (TPSA) is 43.4 Å². The maximum atomic E-state index is 11.3. The van der Waals surface area contributed by atoms with Crippen molar-refractivity contribution in [3.05, 3.63) is 0 Å². The quantitative estimate of drug-likeness (QED) is 0.623. The van der Waals surface area contributed by atoms with E-state index in [-0.39, 0.29) is 5.25 Å². The van der Waals surface area contributed by atoms with Gasteiger partial charge >= 0.3 is 0 Å². The molecule has 0 heterocycles. The SMILES string of the molecule is COS(=O)(=O)C1CCC[C@@H](C)C1. The fraction of sp³-hybridized carbons (Fsp3) is 1.00. The van der Waals surface area contributed by atoms with Crippen molar-refractivity contribution in [2.75, 3.05) is 7.11 Å². The van der Waals surface area contributed by atoms with Gasteiger partial charge < -0.3 is 0 Å². The molecule has 0 saturated heterocycles. The summed E-state index contributed by atoms with van der Waals surface area (Å²) in [6, 6.07) is 0. The minimum absolute atomic E-state index is 0.258. The molecule has 1 rings (SSSR count). The summed E-state index contributed by atoms with van der Waals surface area (Å²) in [5.74, 6) is 0.522. The van der Waals surface area contributed by atoms with E-state index in [2.05, 4.69) is 11.1 Å². The van der Waals surface area contributed by atoms with Gasteiger partial charge in [0, 0.05) is 0 Å². The minimum Gasteiger partial charge on any atom is -0.273 e. The maximum absolute atomic E-state index is 11.3. The molecule has 0 aromatic carbocycles. The van der Waals surface area contributed by atoms with E-state index < -0.39 is 10.1 Å². The van der Waals surface area contributed by atoms with Crippen molar-refractivity contribution >= 4 is 10.1 Å². The first-order valence-electron chi connectivity index (χ1n) is 4.35. The van der Waals surface area contributed by atoms with Crippen LogP contribution in [0.4, 0.5) is 0 Å². The zero-order chi connectivity index (χ0) is 9.19. The second-order valence-corrected chi connectivity index (χ2v) is 5.54. The molecule has 2 atom stereocenters. The summed E-state index contributed by atoms with van der Waals surface area (Å²) < 4.78 is 27.1. The molecule has 0 spiro atoms. The van der Waals surface area contributed by atoms with Gasteiger partial charge in [-0.25, -0.2) is 0 Å². The summed E-state index contributed by atoms with van der Waals surface area (Å²) in [7, 11) is -2.01. The first kappa shape index (κ1) is 9.99. The molecule has 1 unspecified atom stereocenters. The standard InChI is InChI=1S/C8H16O3S/c1-7-4-3-5-8(6-7)12(9,10)11-2/h7-8H,3-6H2,1-2H3/t7-,8?/m1/s1. The molecule has 0 amide bonds. The summed E-state index contributed by atoms with van der Waals surface area (Å²) in [6.45, 7) is 2.09. The molecule has 1 aliphatic carbocycles. The fourth-order valence-corrected chi connectivity index (χ4v) is 3.07. The van der Waals surface area contributed by atoms with Crippen molar-refractivity contribution in [3.8, 4) is 0 Å². The van der Waals surface area contributed by atoms with E-state index in [0.717, 1.165) is 25.7 Å². The molecule has 0 N–H and O–H groups in total. The van der Waals surface area contributed by atoms with Crippen LogP contribution < -0.4 is 0 Å². The summed E-state index contributed by atoms with van der Waals surface area (Å²) in [6.07, 6.45) is 3.68. The van der Waals surface area contributed by atoms with E-state index in [9.17, 15) is 8.42 Å². The zero-order valence-corrected chi connectivity index (χ0v) is 8.43. The highest BCUT2D eigenvalue weighted by Gasteiger charge is 2.29. The molecule has 1 fully saturated rings. The average molecular weight is 192 g/mol. The van der Waals surface area contributed by atoms with Crippen molar-refractivity contribution in [1.82, 2.24) is 0 Å². The summed E-state index contributed by atoms with van der Waals surface area (Å²) >= 11 is 0. The zero-order valence-electron chi connectivity index (χ0n) is 7.62. The van der Waals surface area contributed by atoms with Crippen LogP contribution >= 0.6 is 0 Å². The van der Waals surface area contributed by atoms with Gasteiger partial charge in [0.1, 0.15) is 0 Å². The third-order valence-electron chi connectivity index (χ3n) is 2.53. The molecule has 4 heteroatoms. The van der Waals surface area contributed by atoms with Crippen molar-refractivity contribution in [2.45, 2.75) is 37.9 Å². The molecule has 12 heavy (non-hydrogen) atoms. The van der Waals surface area contributed by atoms with Gasteiger partial charge in [-0.1, -0.05) is 19.8 Å². The van der Waals surface area contributed by atoms with Gasteiger partial charge in [-0.2, -0.15) is 8.42 Å². The first-order chi connectivity index (χ1) is 5.56. The van der Waals surface area contributed by atoms with Crippen LogP contribution in [0.2, 0.25) is 0 Å². The van der Waals surface area contributed by atoms with Gasteiger partial charge in [0.05, 0.1) is 12.4 Å². The van der Waals surface area contributed by atoms with Crippen molar-refractivity contribution < 1.29 is 12.6 Å². The predicted molar refractivity (Wildman–Crippen MR) is 47.3 cm³/mol. The van der Waals surface area contributed by atoms with E-state index in [1.54, 1.807) is 0 Å². The lowest BCUT2D eigenvalue weighted by Crippen LogP contribution is -2.28. The summed E-state index contributed by atoms with van der Waals surface area (Å²) in [5, 5.41) is -0.258. The predicted octanol–water partition coefficient (Wildman–Crippen LogP) is 1.54. The van der Waals surface area contributed by atoms with Crippen molar-refractivity contribution in [2.24, 2.45) is 5.92 Å². The number of rotatable bonds is 2. The van der Waals surface area contributed by atoms with E-state index >= 15 is 0 Å². The van der Waals surface area contributed by atoms with Crippen LogP contribution in [0.5, 0.6) is 0 Å². The Balaban J connectivity index is 2.63. The summed E-state index contributed by atoms with van der Waals surface area (Å²) in [5.41, 5.74) is 0. The van der Waals surface area contributed by atoms with E-state index in [0.29, 0.717) is 5.92 Å². The molecular formula is C8H16O3S. The number of hydrogen-bond donors (Lipinski definition) is 0. The van der Waals surface area contributed by atoms with Gasteiger partial charge in [-0.15, -0.1) is 0 Å². The van der Waals surface area contributed by atoms with Crippen LogP contribution in [-0.4, -0.2) is 20.8 Å². The maximum Gasteiger partial charge on any atom is 0.269 e. The van der Waals surface area contributed by atoms with Crippen LogP contribution in [0.3, 0.4) is 0 Å². The Morgan fingerprint density at radius 1 is 1.33 bits per heavy atom. The number of hydrogen-bond acceptors (Lipinski definition) is 3. The molecule has 1 saturated carbocycles. The Hall–Kier alpha value is -0.0900. The molecule has 0 aromatic heterocycles. The Morgan fingerprint density at radius 3 is 2.50 bits per heavy atom. The lowest BCUT2D eigenvalue weighted by Gasteiger charge is -2.25. The van der Waals surface area contributed by atoms with Crippen LogP contribution in [-0.2, 0) is 14.3 Å². The Labute approximate surface area is 74.2 Å². The summed E-state index contributed by atoms with van der Waals surface area (Å²) in [4.78, 5) is 0. The van der Waals surface area contributed by atoms with Crippen molar-refractivity contribution in [3.63, 3.8) is 0 Å².